The predicted octanol–water partition coefficient (Wildman–Crippen LogP) is 4.78. The summed E-state index contributed by atoms with van der Waals surface area (Å²) >= 11 is 0. The topological polar surface area (TPSA) is 21.3 Å². The van der Waals surface area contributed by atoms with Crippen molar-refractivity contribution in [2.75, 3.05) is 13.2 Å². The summed E-state index contributed by atoms with van der Waals surface area (Å²) < 4.78 is 5.76. The first-order valence-corrected chi connectivity index (χ1v) is 9.55. The molecule has 0 radical (unpaired) electrons. The Morgan fingerprint density at radius 2 is 1.76 bits per heavy atom. The highest BCUT2D eigenvalue weighted by molar-refractivity contribution is 4.83. The van der Waals surface area contributed by atoms with Gasteiger partial charge in [0.25, 0.3) is 0 Å². The monoisotopic (exact) mass is 295 g/mol. The van der Waals surface area contributed by atoms with Crippen LogP contribution in [-0.4, -0.2) is 25.3 Å². The highest BCUT2D eigenvalue weighted by Crippen LogP contribution is 2.36. The van der Waals surface area contributed by atoms with Crippen molar-refractivity contribution in [2.45, 2.75) is 90.7 Å². The summed E-state index contributed by atoms with van der Waals surface area (Å²) in [6, 6.07) is 0.754. The minimum atomic E-state index is 0.573. The maximum absolute atomic E-state index is 5.76. The van der Waals surface area contributed by atoms with Crippen molar-refractivity contribution in [1.82, 2.24) is 5.32 Å². The number of hydrogen-bond acceptors (Lipinski definition) is 2. The van der Waals surface area contributed by atoms with Crippen molar-refractivity contribution in [3.63, 3.8) is 0 Å². The van der Waals surface area contributed by atoms with E-state index in [4.69, 9.17) is 4.74 Å². The van der Waals surface area contributed by atoms with E-state index in [0.29, 0.717) is 6.10 Å². The number of hydrogen-bond donors (Lipinski definition) is 1. The molecular formula is C19H37NO. The molecule has 21 heavy (non-hydrogen) atoms. The van der Waals surface area contributed by atoms with Gasteiger partial charge in [0.1, 0.15) is 0 Å². The molecule has 2 atom stereocenters. The second-order valence-corrected chi connectivity index (χ2v) is 7.65. The van der Waals surface area contributed by atoms with Crippen LogP contribution in [0.5, 0.6) is 0 Å². The lowest BCUT2D eigenvalue weighted by molar-refractivity contribution is 0.0992. The maximum atomic E-state index is 5.76. The van der Waals surface area contributed by atoms with Crippen molar-refractivity contribution in [3.8, 4) is 0 Å². The van der Waals surface area contributed by atoms with E-state index in [2.05, 4.69) is 26.1 Å². The molecule has 2 unspecified atom stereocenters. The Morgan fingerprint density at radius 3 is 2.33 bits per heavy atom. The van der Waals surface area contributed by atoms with E-state index in [1.54, 1.807) is 0 Å². The van der Waals surface area contributed by atoms with E-state index < -0.39 is 0 Å². The first-order chi connectivity index (χ1) is 10.2. The quantitative estimate of drug-likeness (QED) is 0.696. The van der Waals surface area contributed by atoms with Crippen molar-refractivity contribution in [2.24, 2.45) is 17.8 Å². The van der Waals surface area contributed by atoms with Gasteiger partial charge in [-0.3, -0.25) is 0 Å². The third-order valence-electron chi connectivity index (χ3n) is 5.86. The Bertz CT molecular complexity index is 265. The Morgan fingerprint density at radius 1 is 1.05 bits per heavy atom. The molecule has 0 spiro atoms. The predicted molar refractivity (Wildman–Crippen MR) is 90.6 cm³/mol. The number of rotatable bonds is 8. The molecule has 2 fully saturated rings. The van der Waals surface area contributed by atoms with Crippen molar-refractivity contribution in [3.05, 3.63) is 0 Å². The average molecular weight is 296 g/mol. The summed E-state index contributed by atoms with van der Waals surface area (Å²) in [7, 11) is 0. The lowest BCUT2D eigenvalue weighted by Gasteiger charge is -2.36. The fourth-order valence-corrected chi connectivity index (χ4v) is 4.42. The van der Waals surface area contributed by atoms with E-state index in [-0.39, 0.29) is 0 Å². The Kier molecular flexibility index (Phi) is 7.53. The van der Waals surface area contributed by atoms with Crippen molar-refractivity contribution >= 4 is 0 Å². The largest absolute Gasteiger partial charge is 0.378 e. The van der Waals surface area contributed by atoms with Gasteiger partial charge in [0.2, 0.25) is 0 Å². The van der Waals surface area contributed by atoms with E-state index in [1.165, 1.54) is 57.8 Å². The number of ether oxygens (including phenoxy) is 1. The highest BCUT2D eigenvalue weighted by atomic mass is 16.5. The van der Waals surface area contributed by atoms with Gasteiger partial charge in [-0.2, -0.15) is 0 Å². The molecule has 1 aliphatic carbocycles. The Hall–Kier alpha value is -0.0800. The van der Waals surface area contributed by atoms with Gasteiger partial charge < -0.3 is 10.1 Å². The molecule has 1 heterocycles. The molecule has 2 nitrogen and oxygen atoms in total. The second-order valence-electron chi connectivity index (χ2n) is 7.65. The maximum Gasteiger partial charge on any atom is 0.0576 e. The van der Waals surface area contributed by atoms with Crippen LogP contribution in [0.25, 0.3) is 0 Å². The molecule has 0 aromatic heterocycles. The van der Waals surface area contributed by atoms with Gasteiger partial charge in [-0.25, -0.2) is 0 Å². The molecule has 0 bridgehead atoms. The average Bonchev–Trinajstić information content (AvgIpc) is 3.00. The molecule has 1 N–H and O–H groups in total. The summed E-state index contributed by atoms with van der Waals surface area (Å²) in [6.07, 6.45) is 12.9. The zero-order valence-corrected chi connectivity index (χ0v) is 14.6. The molecule has 1 aliphatic heterocycles. The standard InChI is InChI=1S/C19H37NO/c1-4-20-19(9-5-7-18-8-6-14-21-18)17-12-10-16(11-13-17)15(2)3/h15-20H,4-14H2,1-3H3. The Balaban J connectivity index is 1.70. The van der Waals surface area contributed by atoms with Crippen LogP contribution in [0.15, 0.2) is 0 Å². The lowest BCUT2D eigenvalue weighted by Crippen LogP contribution is -2.38. The summed E-state index contributed by atoms with van der Waals surface area (Å²) in [5.41, 5.74) is 0. The molecule has 124 valence electrons. The molecule has 2 heteroatoms. The van der Waals surface area contributed by atoms with Crippen LogP contribution in [0.3, 0.4) is 0 Å². The second kappa shape index (κ2) is 9.15. The SMILES string of the molecule is CCNC(CCCC1CCCO1)C1CCC(C(C)C)CC1. The molecule has 1 saturated heterocycles. The number of nitrogens with one attached hydrogen (secondary N) is 1. The first-order valence-electron chi connectivity index (χ1n) is 9.55. The van der Waals surface area contributed by atoms with Crippen LogP contribution in [0.2, 0.25) is 0 Å². The van der Waals surface area contributed by atoms with Gasteiger partial charge >= 0.3 is 0 Å². The minimum Gasteiger partial charge on any atom is -0.378 e. The van der Waals surface area contributed by atoms with E-state index >= 15 is 0 Å². The fraction of sp³-hybridized carbons (Fsp3) is 1.00. The Labute approximate surface area is 132 Å². The van der Waals surface area contributed by atoms with Gasteiger partial charge in [-0.1, -0.05) is 20.8 Å². The minimum absolute atomic E-state index is 0.573. The van der Waals surface area contributed by atoms with E-state index in [0.717, 1.165) is 36.9 Å². The van der Waals surface area contributed by atoms with Gasteiger partial charge in [0.05, 0.1) is 6.10 Å². The molecule has 0 amide bonds. The molecule has 1 saturated carbocycles. The van der Waals surface area contributed by atoms with Gasteiger partial charge in [0, 0.05) is 12.6 Å². The van der Waals surface area contributed by atoms with Crippen LogP contribution in [0, 0.1) is 17.8 Å². The molecule has 0 aromatic carbocycles. The zero-order valence-electron chi connectivity index (χ0n) is 14.6. The van der Waals surface area contributed by atoms with Gasteiger partial charge in [0.15, 0.2) is 0 Å². The summed E-state index contributed by atoms with van der Waals surface area (Å²) in [5, 5.41) is 3.78. The van der Waals surface area contributed by atoms with Gasteiger partial charge in [-0.15, -0.1) is 0 Å². The van der Waals surface area contributed by atoms with Crippen molar-refractivity contribution < 1.29 is 4.74 Å². The van der Waals surface area contributed by atoms with E-state index in [9.17, 15) is 0 Å². The third kappa shape index (κ3) is 5.56. The third-order valence-corrected chi connectivity index (χ3v) is 5.86. The smallest absolute Gasteiger partial charge is 0.0576 e. The van der Waals surface area contributed by atoms with Crippen LogP contribution in [0.4, 0.5) is 0 Å². The van der Waals surface area contributed by atoms with Gasteiger partial charge in [-0.05, 0) is 82.1 Å². The first kappa shape index (κ1) is 17.3. The molecular weight excluding hydrogens is 258 g/mol. The van der Waals surface area contributed by atoms with Crippen LogP contribution in [0.1, 0.15) is 78.6 Å². The molecule has 2 rings (SSSR count). The molecule has 2 aliphatic rings. The molecule has 0 aromatic rings. The summed E-state index contributed by atoms with van der Waals surface area (Å²) in [5.74, 6) is 2.78. The zero-order chi connectivity index (χ0) is 15.1. The van der Waals surface area contributed by atoms with Crippen LogP contribution < -0.4 is 5.32 Å². The normalized spacial score (nSPS) is 31.7. The van der Waals surface area contributed by atoms with Crippen LogP contribution in [-0.2, 0) is 4.74 Å². The summed E-state index contributed by atoms with van der Waals surface area (Å²) in [6.45, 7) is 9.17. The highest BCUT2D eigenvalue weighted by Gasteiger charge is 2.28. The van der Waals surface area contributed by atoms with Crippen molar-refractivity contribution in [1.29, 1.82) is 0 Å². The van der Waals surface area contributed by atoms with E-state index in [1.807, 2.05) is 0 Å². The lowest BCUT2D eigenvalue weighted by atomic mass is 9.74. The van der Waals surface area contributed by atoms with Crippen LogP contribution >= 0.6 is 0 Å². The summed E-state index contributed by atoms with van der Waals surface area (Å²) in [4.78, 5) is 0. The fourth-order valence-electron chi connectivity index (χ4n) is 4.42.